The van der Waals surface area contributed by atoms with Crippen LogP contribution in [-0.2, 0) is 9.53 Å². The monoisotopic (exact) mass is 239 g/mol. The van der Waals surface area contributed by atoms with Gasteiger partial charge in [-0.15, -0.1) is 0 Å². The van der Waals surface area contributed by atoms with Crippen LogP contribution in [0.15, 0.2) is 17.0 Å². The van der Waals surface area contributed by atoms with Crippen LogP contribution in [-0.4, -0.2) is 54.5 Å². The van der Waals surface area contributed by atoms with Gasteiger partial charge >= 0.3 is 0 Å². The fourth-order valence-corrected chi connectivity index (χ4v) is 1.63. The first kappa shape index (κ1) is 11.6. The minimum atomic E-state index is -0.624. The molecule has 1 aliphatic heterocycles. The number of ether oxygens (including phenoxy) is 1. The molecule has 1 fully saturated rings. The molecule has 1 aromatic heterocycles. The number of aromatic nitrogens is 1. The molecule has 0 radical (unpaired) electrons. The van der Waals surface area contributed by atoms with Gasteiger partial charge in [0.05, 0.1) is 19.3 Å². The molecule has 1 aromatic rings. The highest BCUT2D eigenvalue weighted by Crippen LogP contribution is 2.10. The highest BCUT2D eigenvalue weighted by Gasteiger charge is 2.30. The van der Waals surface area contributed by atoms with Crippen molar-refractivity contribution in [3.8, 4) is 0 Å². The Kier molecular flexibility index (Phi) is 3.38. The van der Waals surface area contributed by atoms with Gasteiger partial charge in [-0.1, -0.05) is 0 Å². The van der Waals surface area contributed by atoms with Gasteiger partial charge in [0.1, 0.15) is 0 Å². The fraction of sp³-hybridized carbons (Fsp3) is 0.500. The number of hydrogen-bond acceptors (Lipinski definition) is 5. The lowest BCUT2D eigenvalue weighted by Gasteiger charge is -2.31. The summed E-state index contributed by atoms with van der Waals surface area (Å²) in [6, 6.07) is 0. The van der Waals surface area contributed by atoms with Crippen molar-refractivity contribution in [1.29, 1.82) is 0 Å². The van der Waals surface area contributed by atoms with Crippen LogP contribution < -0.4 is 5.32 Å². The molecular weight excluding hydrogens is 226 g/mol. The number of carbonyl (C=O) groups excluding carboxylic acids is 2. The van der Waals surface area contributed by atoms with E-state index in [1.165, 1.54) is 24.5 Å². The molecule has 92 valence electrons. The topological polar surface area (TPSA) is 84.7 Å². The largest absolute Gasteiger partial charge is 0.438 e. The molecule has 2 rings (SSSR count). The molecule has 1 saturated heterocycles. The van der Waals surface area contributed by atoms with Crippen LogP contribution >= 0.6 is 0 Å². The van der Waals surface area contributed by atoms with Crippen LogP contribution in [0.25, 0.3) is 0 Å². The van der Waals surface area contributed by atoms with Crippen LogP contribution in [0.4, 0.5) is 0 Å². The molecule has 7 heteroatoms. The molecule has 0 spiro atoms. The van der Waals surface area contributed by atoms with Crippen LogP contribution in [0.1, 0.15) is 10.6 Å². The molecule has 2 heterocycles. The molecule has 17 heavy (non-hydrogen) atoms. The predicted octanol–water partition coefficient (Wildman–Crippen LogP) is -0.738. The third-order valence-corrected chi connectivity index (χ3v) is 2.54. The number of carbonyl (C=O) groups is 2. The Bertz CT molecular complexity index is 404. The number of nitrogens with one attached hydrogen (secondary N) is 1. The van der Waals surface area contributed by atoms with Gasteiger partial charge in [-0.05, 0) is 0 Å². The number of oxazole rings is 1. The van der Waals surface area contributed by atoms with Gasteiger partial charge in [-0.25, -0.2) is 4.98 Å². The molecule has 0 aliphatic carbocycles. The van der Waals surface area contributed by atoms with Crippen molar-refractivity contribution in [1.82, 2.24) is 15.2 Å². The maximum atomic E-state index is 11.9. The standard InChI is InChI=1S/C10H13N3O4/c1-11-9(14)8-5-13(2-3-16-8)10(15)7-4-12-6-17-7/h4,6,8H,2-3,5H2,1H3,(H,11,14). The molecule has 0 aromatic carbocycles. The van der Waals surface area contributed by atoms with Gasteiger partial charge < -0.3 is 19.4 Å². The van der Waals surface area contributed by atoms with Crippen LogP contribution in [0.3, 0.4) is 0 Å². The summed E-state index contributed by atoms with van der Waals surface area (Å²) in [6.07, 6.45) is 1.93. The summed E-state index contributed by atoms with van der Waals surface area (Å²) in [7, 11) is 1.53. The lowest BCUT2D eigenvalue weighted by Crippen LogP contribution is -2.51. The summed E-state index contributed by atoms with van der Waals surface area (Å²) in [6.45, 7) is 0.990. The average Bonchev–Trinajstić information content (AvgIpc) is 2.91. The summed E-state index contributed by atoms with van der Waals surface area (Å²) in [5.74, 6) is -0.345. The number of rotatable bonds is 2. The first-order valence-corrected chi connectivity index (χ1v) is 5.23. The van der Waals surface area contributed by atoms with Gasteiger partial charge in [0.15, 0.2) is 12.5 Å². The van der Waals surface area contributed by atoms with Crippen molar-refractivity contribution in [2.24, 2.45) is 0 Å². The zero-order valence-electron chi connectivity index (χ0n) is 9.38. The number of hydrogen-bond donors (Lipinski definition) is 1. The Hall–Kier alpha value is -1.89. The molecule has 1 aliphatic rings. The zero-order chi connectivity index (χ0) is 12.3. The first-order valence-electron chi connectivity index (χ1n) is 5.23. The molecule has 2 amide bonds. The van der Waals surface area contributed by atoms with E-state index in [4.69, 9.17) is 9.15 Å². The Morgan fingerprint density at radius 2 is 2.41 bits per heavy atom. The number of nitrogens with zero attached hydrogens (tertiary/aromatic N) is 2. The van der Waals surface area contributed by atoms with E-state index in [1.54, 1.807) is 0 Å². The van der Waals surface area contributed by atoms with Gasteiger partial charge in [-0.3, -0.25) is 9.59 Å². The van der Waals surface area contributed by atoms with Crippen molar-refractivity contribution in [2.75, 3.05) is 26.7 Å². The summed E-state index contributed by atoms with van der Waals surface area (Å²) in [5, 5.41) is 2.49. The van der Waals surface area contributed by atoms with E-state index >= 15 is 0 Å². The minimum Gasteiger partial charge on any atom is -0.438 e. The van der Waals surface area contributed by atoms with Crippen molar-refractivity contribution in [3.63, 3.8) is 0 Å². The predicted molar refractivity (Wildman–Crippen MR) is 56.2 cm³/mol. The summed E-state index contributed by atoms with van der Waals surface area (Å²) < 4.78 is 10.2. The van der Waals surface area contributed by atoms with E-state index in [0.29, 0.717) is 13.2 Å². The number of morpholine rings is 1. The van der Waals surface area contributed by atoms with Crippen molar-refractivity contribution in [3.05, 3.63) is 18.4 Å². The Morgan fingerprint density at radius 1 is 1.59 bits per heavy atom. The van der Waals surface area contributed by atoms with Gasteiger partial charge in [0.25, 0.3) is 11.8 Å². The summed E-state index contributed by atoms with van der Waals surface area (Å²) in [5.41, 5.74) is 0. The van der Waals surface area contributed by atoms with E-state index in [9.17, 15) is 9.59 Å². The molecule has 0 saturated carbocycles. The van der Waals surface area contributed by atoms with Gasteiger partial charge in [0, 0.05) is 13.6 Å². The van der Waals surface area contributed by atoms with Crippen LogP contribution in [0, 0.1) is 0 Å². The van der Waals surface area contributed by atoms with Crippen LogP contribution in [0.5, 0.6) is 0 Å². The van der Waals surface area contributed by atoms with E-state index in [2.05, 4.69) is 10.3 Å². The smallest absolute Gasteiger partial charge is 0.291 e. The Labute approximate surface area is 97.7 Å². The second kappa shape index (κ2) is 4.96. The van der Waals surface area contributed by atoms with Crippen molar-refractivity contribution < 1.29 is 18.7 Å². The quantitative estimate of drug-likeness (QED) is 0.735. The van der Waals surface area contributed by atoms with E-state index < -0.39 is 6.10 Å². The van der Waals surface area contributed by atoms with Gasteiger partial charge in [0.2, 0.25) is 5.76 Å². The van der Waals surface area contributed by atoms with E-state index in [-0.39, 0.29) is 24.1 Å². The SMILES string of the molecule is CNC(=O)C1CN(C(=O)c2cnco2)CCO1. The van der Waals surface area contributed by atoms with Crippen molar-refractivity contribution in [2.45, 2.75) is 6.10 Å². The molecule has 1 atom stereocenters. The molecule has 0 bridgehead atoms. The van der Waals surface area contributed by atoms with Crippen LogP contribution in [0.2, 0.25) is 0 Å². The molecule has 1 N–H and O–H groups in total. The second-order valence-electron chi connectivity index (χ2n) is 3.59. The first-order chi connectivity index (χ1) is 8.22. The molecule has 1 unspecified atom stereocenters. The highest BCUT2D eigenvalue weighted by atomic mass is 16.5. The summed E-state index contributed by atoms with van der Waals surface area (Å²) >= 11 is 0. The third kappa shape index (κ3) is 2.44. The second-order valence-corrected chi connectivity index (χ2v) is 3.59. The third-order valence-electron chi connectivity index (χ3n) is 2.54. The maximum Gasteiger partial charge on any atom is 0.291 e. The van der Waals surface area contributed by atoms with Gasteiger partial charge in [-0.2, -0.15) is 0 Å². The van der Waals surface area contributed by atoms with E-state index in [0.717, 1.165) is 0 Å². The number of likely N-dealkylation sites (N-methyl/N-ethyl adjacent to an activating group) is 1. The lowest BCUT2D eigenvalue weighted by atomic mass is 10.2. The molecule has 7 nitrogen and oxygen atoms in total. The lowest BCUT2D eigenvalue weighted by molar-refractivity contribution is -0.136. The highest BCUT2D eigenvalue weighted by molar-refractivity contribution is 5.92. The average molecular weight is 239 g/mol. The maximum absolute atomic E-state index is 11.9. The number of amides is 2. The molecular formula is C10H13N3O4. The fourth-order valence-electron chi connectivity index (χ4n) is 1.63. The normalized spacial score (nSPS) is 20.1. The Balaban J connectivity index is 2.02. The Morgan fingerprint density at radius 3 is 3.06 bits per heavy atom. The van der Waals surface area contributed by atoms with E-state index in [1.807, 2.05) is 0 Å². The zero-order valence-corrected chi connectivity index (χ0v) is 9.38. The van der Waals surface area contributed by atoms with Crippen molar-refractivity contribution >= 4 is 11.8 Å². The summed E-state index contributed by atoms with van der Waals surface area (Å²) in [4.78, 5) is 28.5. The minimum absolute atomic E-state index is 0.169.